The first-order chi connectivity index (χ1) is 9.76. The van der Waals surface area contributed by atoms with Gasteiger partial charge in [-0.15, -0.1) is 0 Å². The van der Waals surface area contributed by atoms with E-state index >= 15 is 0 Å². The van der Waals surface area contributed by atoms with Crippen molar-refractivity contribution in [3.8, 4) is 5.88 Å². The maximum absolute atomic E-state index is 6.25. The van der Waals surface area contributed by atoms with Crippen molar-refractivity contribution in [3.05, 3.63) is 47.4 Å². The number of hydrogen-bond donors (Lipinski definition) is 1. The number of methoxy groups -OCH3 is 1. The summed E-state index contributed by atoms with van der Waals surface area (Å²) in [7, 11) is 1.64. The summed E-state index contributed by atoms with van der Waals surface area (Å²) in [6.07, 6.45) is 9.11. The molecule has 0 radical (unpaired) electrons. The van der Waals surface area contributed by atoms with Gasteiger partial charge in [-0.25, -0.2) is 4.98 Å². The van der Waals surface area contributed by atoms with E-state index in [2.05, 4.69) is 21.9 Å². The lowest BCUT2D eigenvalue weighted by Gasteiger charge is -2.08. The summed E-state index contributed by atoms with van der Waals surface area (Å²) in [5, 5.41) is 0. The number of rotatable bonds is 3. The van der Waals surface area contributed by atoms with Crippen LogP contribution in [0.4, 0.5) is 0 Å². The molecule has 0 fully saturated rings. The van der Waals surface area contributed by atoms with Crippen molar-refractivity contribution < 1.29 is 4.74 Å². The van der Waals surface area contributed by atoms with Gasteiger partial charge in [0.25, 0.3) is 0 Å². The van der Waals surface area contributed by atoms with E-state index in [9.17, 15) is 0 Å². The van der Waals surface area contributed by atoms with Gasteiger partial charge in [0.15, 0.2) is 0 Å². The van der Waals surface area contributed by atoms with Gasteiger partial charge in [0, 0.05) is 24.5 Å². The molecular formula is C16H21N3O. The molecule has 3 rings (SSSR count). The van der Waals surface area contributed by atoms with E-state index in [-0.39, 0.29) is 6.04 Å². The average Bonchev–Trinajstić information content (AvgIpc) is 2.78. The summed E-state index contributed by atoms with van der Waals surface area (Å²) < 4.78 is 7.36. The van der Waals surface area contributed by atoms with Gasteiger partial charge in [0.05, 0.1) is 19.3 Å². The number of nitrogens with two attached hydrogens (primary N) is 1. The highest BCUT2D eigenvalue weighted by molar-refractivity contribution is 5.29. The van der Waals surface area contributed by atoms with Crippen molar-refractivity contribution >= 4 is 0 Å². The number of aromatic nitrogens is 2. The topological polar surface area (TPSA) is 53.1 Å². The Kier molecular flexibility index (Phi) is 3.74. The molecule has 0 amide bonds. The van der Waals surface area contributed by atoms with Crippen LogP contribution < -0.4 is 10.5 Å². The van der Waals surface area contributed by atoms with E-state index in [1.807, 2.05) is 18.2 Å². The number of pyridine rings is 1. The van der Waals surface area contributed by atoms with Gasteiger partial charge in [-0.3, -0.25) is 0 Å². The SMILES string of the molecule is COc1cccc(Cn2cc3c(c2)C(N)CCCC3)n1. The van der Waals surface area contributed by atoms with Crippen LogP contribution >= 0.6 is 0 Å². The zero-order valence-corrected chi connectivity index (χ0v) is 11.9. The smallest absolute Gasteiger partial charge is 0.213 e. The molecule has 1 aliphatic rings. The Balaban J connectivity index is 1.83. The molecule has 0 saturated heterocycles. The third-order valence-corrected chi connectivity index (χ3v) is 3.94. The molecule has 4 heteroatoms. The molecule has 2 aromatic rings. The monoisotopic (exact) mass is 271 g/mol. The number of aryl methyl sites for hydroxylation is 1. The van der Waals surface area contributed by atoms with Crippen LogP contribution in [0.25, 0.3) is 0 Å². The Hall–Kier alpha value is -1.81. The first kappa shape index (κ1) is 13.2. The van der Waals surface area contributed by atoms with E-state index in [1.165, 1.54) is 24.0 Å². The van der Waals surface area contributed by atoms with Gasteiger partial charge >= 0.3 is 0 Å². The molecule has 2 aromatic heterocycles. The van der Waals surface area contributed by atoms with Crippen LogP contribution in [-0.4, -0.2) is 16.7 Å². The molecule has 106 valence electrons. The van der Waals surface area contributed by atoms with Gasteiger partial charge in [-0.2, -0.15) is 0 Å². The minimum atomic E-state index is 0.187. The molecule has 1 unspecified atom stereocenters. The van der Waals surface area contributed by atoms with Gasteiger partial charge in [-0.1, -0.05) is 12.5 Å². The van der Waals surface area contributed by atoms with Gasteiger partial charge in [-0.05, 0) is 36.5 Å². The zero-order valence-electron chi connectivity index (χ0n) is 11.9. The highest BCUT2D eigenvalue weighted by Gasteiger charge is 2.17. The highest BCUT2D eigenvalue weighted by atomic mass is 16.5. The quantitative estimate of drug-likeness (QED) is 0.873. The third kappa shape index (κ3) is 2.70. The number of fused-ring (bicyclic) bond motifs is 1. The van der Waals surface area contributed by atoms with E-state index in [1.54, 1.807) is 7.11 Å². The van der Waals surface area contributed by atoms with Crippen LogP contribution in [0, 0.1) is 0 Å². The fourth-order valence-electron chi connectivity index (χ4n) is 2.89. The fraction of sp³-hybridized carbons (Fsp3) is 0.438. The molecule has 0 aromatic carbocycles. The Morgan fingerprint density at radius 1 is 1.35 bits per heavy atom. The molecule has 20 heavy (non-hydrogen) atoms. The summed E-state index contributed by atoms with van der Waals surface area (Å²) in [5.41, 5.74) is 9.96. The number of nitrogens with zero attached hydrogens (tertiary/aromatic N) is 2. The molecular weight excluding hydrogens is 250 g/mol. The summed E-state index contributed by atoms with van der Waals surface area (Å²) in [6, 6.07) is 6.05. The predicted molar refractivity (Wildman–Crippen MR) is 78.8 cm³/mol. The maximum atomic E-state index is 6.25. The van der Waals surface area contributed by atoms with Crippen molar-refractivity contribution in [2.45, 2.75) is 38.3 Å². The molecule has 2 N–H and O–H groups in total. The minimum Gasteiger partial charge on any atom is -0.481 e. The first-order valence-electron chi connectivity index (χ1n) is 7.20. The number of hydrogen-bond acceptors (Lipinski definition) is 3. The van der Waals surface area contributed by atoms with Crippen LogP contribution in [0.2, 0.25) is 0 Å². The molecule has 0 spiro atoms. The van der Waals surface area contributed by atoms with Crippen LogP contribution in [0.3, 0.4) is 0 Å². The van der Waals surface area contributed by atoms with Crippen LogP contribution in [0.15, 0.2) is 30.6 Å². The highest BCUT2D eigenvalue weighted by Crippen LogP contribution is 2.27. The van der Waals surface area contributed by atoms with E-state index in [4.69, 9.17) is 10.5 Å². The van der Waals surface area contributed by atoms with Crippen LogP contribution in [0.1, 0.15) is 42.1 Å². The lowest BCUT2D eigenvalue weighted by Crippen LogP contribution is -2.09. The van der Waals surface area contributed by atoms with Gasteiger partial charge in [0.2, 0.25) is 5.88 Å². The van der Waals surface area contributed by atoms with E-state index in [0.717, 1.165) is 25.1 Å². The van der Waals surface area contributed by atoms with Gasteiger partial charge in [0.1, 0.15) is 0 Å². The molecule has 4 nitrogen and oxygen atoms in total. The molecule has 0 saturated carbocycles. The average molecular weight is 271 g/mol. The minimum absolute atomic E-state index is 0.187. The molecule has 0 aliphatic heterocycles. The van der Waals surface area contributed by atoms with E-state index in [0.29, 0.717) is 5.88 Å². The van der Waals surface area contributed by atoms with E-state index < -0.39 is 0 Å². The maximum Gasteiger partial charge on any atom is 0.213 e. The van der Waals surface area contributed by atoms with Crippen molar-refractivity contribution in [2.75, 3.05) is 7.11 Å². The molecule has 1 atom stereocenters. The fourth-order valence-corrected chi connectivity index (χ4v) is 2.89. The second-order valence-corrected chi connectivity index (χ2v) is 5.43. The van der Waals surface area contributed by atoms with Crippen molar-refractivity contribution in [1.82, 2.24) is 9.55 Å². The Labute approximate surface area is 119 Å². The summed E-state index contributed by atoms with van der Waals surface area (Å²) in [4.78, 5) is 4.46. The Morgan fingerprint density at radius 3 is 3.10 bits per heavy atom. The van der Waals surface area contributed by atoms with Crippen LogP contribution in [-0.2, 0) is 13.0 Å². The Bertz CT molecular complexity index is 591. The van der Waals surface area contributed by atoms with Crippen molar-refractivity contribution in [2.24, 2.45) is 5.73 Å². The number of ether oxygens (including phenoxy) is 1. The van der Waals surface area contributed by atoms with Crippen molar-refractivity contribution in [3.63, 3.8) is 0 Å². The second-order valence-electron chi connectivity index (χ2n) is 5.43. The molecule has 0 bridgehead atoms. The predicted octanol–water partition coefficient (Wildman–Crippen LogP) is 2.67. The second kappa shape index (κ2) is 5.67. The summed E-state index contributed by atoms with van der Waals surface area (Å²) in [6.45, 7) is 0.761. The normalized spacial score (nSPS) is 18.4. The third-order valence-electron chi connectivity index (χ3n) is 3.94. The molecule has 2 heterocycles. The lowest BCUT2D eigenvalue weighted by molar-refractivity contribution is 0.396. The largest absolute Gasteiger partial charge is 0.481 e. The first-order valence-corrected chi connectivity index (χ1v) is 7.20. The zero-order chi connectivity index (χ0) is 13.9. The Morgan fingerprint density at radius 2 is 2.25 bits per heavy atom. The lowest BCUT2D eigenvalue weighted by atomic mass is 10.1. The summed E-state index contributed by atoms with van der Waals surface area (Å²) in [5.74, 6) is 0.660. The van der Waals surface area contributed by atoms with Gasteiger partial charge < -0.3 is 15.0 Å². The van der Waals surface area contributed by atoms with Crippen molar-refractivity contribution in [1.29, 1.82) is 0 Å². The summed E-state index contributed by atoms with van der Waals surface area (Å²) >= 11 is 0. The molecule has 1 aliphatic carbocycles. The van der Waals surface area contributed by atoms with Crippen LogP contribution in [0.5, 0.6) is 5.88 Å². The standard InChI is InChI=1S/C16H21N3O/c1-20-16-8-4-6-13(18-16)10-19-9-12-5-2-3-7-15(17)14(12)11-19/h4,6,8-9,11,15H,2-3,5,7,10,17H2,1H3.